The van der Waals surface area contributed by atoms with Crippen molar-refractivity contribution in [1.29, 1.82) is 0 Å². The van der Waals surface area contributed by atoms with Crippen molar-refractivity contribution in [1.82, 2.24) is 4.31 Å². The summed E-state index contributed by atoms with van der Waals surface area (Å²) in [5.74, 6) is -1.07. The average molecular weight is 313 g/mol. The number of aliphatic hydroxyl groups is 1. The highest BCUT2D eigenvalue weighted by Gasteiger charge is 2.25. The molecule has 0 bridgehead atoms. The second-order valence-corrected chi connectivity index (χ2v) is 6.74. The van der Waals surface area contributed by atoms with E-state index in [1.807, 2.05) is 0 Å². The largest absolute Gasteiger partial charge is 0.478 e. The lowest BCUT2D eigenvalue weighted by molar-refractivity contribution is -0.131. The molecule has 1 unspecified atom stereocenters. The van der Waals surface area contributed by atoms with Crippen LogP contribution in [0, 0.1) is 6.92 Å². The zero-order valence-corrected chi connectivity index (χ0v) is 13.0. The molecule has 0 heterocycles. The fourth-order valence-corrected chi connectivity index (χ4v) is 3.11. The first-order valence-electron chi connectivity index (χ1n) is 6.30. The number of aliphatic hydroxyl groups excluding tert-OH is 1. The van der Waals surface area contributed by atoms with Crippen LogP contribution in [0.15, 0.2) is 29.2 Å². The molecule has 0 fully saturated rings. The molecule has 1 atom stereocenters. The number of aliphatic carboxylic acids is 1. The van der Waals surface area contributed by atoms with E-state index in [9.17, 15) is 13.2 Å². The second kappa shape index (κ2) is 6.84. The Morgan fingerprint density at radius 2 is 2.05 bits per heavy atom. The van der Waals surface area contributed by atoms with Gasteiger partial charge in [0.15, 0.2) is 0 Å². The van der Waals surface area contributed by atoms with Crippen molar-refractivity contribution in [2.45, 2.75) is 24.8 Å². The molecule has 1 rings (SSSR count). The maximum atomic E-state index is 12.4. The molecule has 1 aromatic rings. The fraction of sp³-hybridized carbons (Fsp3) is 0.357. The zero-order valence-electron chi connectivity index (χ0n) is 12.1. The van der Waals surface area contributed by atoms with Gasteiger partial charge in [-0.2, -0.15) is 4.31 Å². The van der Waals surface area contributed by atoms with Crippen molar-refractivity contribution in [3.05, 3.63) is 35.4 Å². The summed E-state index contributed by atoms with van der Waals surface area (Å²) in [6.07, 6.45) is 2.41. The van der Waals surface area contributed by atoms with E-state index in [2.05, 4.69) is 0 Å². The first-order valence-corrected chi connectivity index (χ1v) is 7.74. The van der Waals surface area contributed by atoms with E-state index in [1.165, 1.54) is 25.3 Å². The molecular weight excluding hydrogens is 294 g/mol. The Bertz CT molecular complexity index is 651. The summed E-state index contributed by atoms with van der Waals surface area (Å²) in [7, 11) is -2.28. The van der Waals surface area contributed by atoms with Gasteiger partial charge in [0.05, 0.1) is 11.5 Å². The minimum absolute atomic E-state index is 0.107. The van der Waals surface area contributed by atoms with E-state index in [0.717, 1.165) is 10.4 Å². The third kappa shape index (κ3) is 4.13. The van der Waals surface area contributed by atoms with Gasteiger partial charge < -0.3 is 10.2 Å². The lowest BCUT2D eigenvalue weighted by Crippen LogP contribution is -2.37. The van der Waals surface area contributed by atoms with Crippen LogP contribution in [0.5, 0.6) is 0 Å². The number of rotatable bonds is 6. The van der Waals surface area contributed by atoms with E-state index in [0.29, 0.717) is 11.1 Å². The van der Waals surface area contributed by atoms with Crippen molar-refractivity contribution >= 4 is 22.1 Å². The highest BCUT2D eigenvalue weighted by atomic mass is 32.2. The zero-order chi connectivity index (χ0) is 16.2. The Balaban J connectivity index is 3.17. The lowest BCUT2D eigenvalue weighted by Gasteiger charge is -2.22. The molecule has 21 heavy (non-hydrogen) atoms. The molecule has 0 radical (unpaired) electrons. The summed E-state index contributed by atoms with van der Waals surface area (Å²) in [6.45, 7) is 3.04. The van der Waals surface area contributed by atoms with Crippen LogP contribution in [0.2, 0.25) is 0 Å². The Hall–Kier alpha value is -1.70. The van der Waals surface area contributed by atoms with Gasteiger partial charge in [-0.25, -0.2) is 13.2 Å². The first kappa shape index (κ1) is 17.4. The van der Waals surface area contributed by atoms with Crippen molar-refractivity contribution in [3.8, 4) is 0 Å². The molecule has 0 saturated carbocycles. The molecule has 1 aromatic carbocycles. The van der Waals surface area contributed by atoms with Crippen molar-refractivity contribution in [2.24, 2.45) is 0 Å². The molecule has 0 aliphatic rings. The van der Waals surface area contributed by atoms with Crippen LogP contribution >= 0.6 is 0 Å². The standard InChI is InChI=1S/C14H19NO5S/c1-10-8-13(6-4-12(10)5-7-14(17)18)21(19,20)15(3)11(2)9-16/h4-8,11,16H,9H2,1-3H3,(H,17,18)/b7-5+. The van der Waals surface area contributed by atoms with Gasteiger partial charge >= 0.3 is 5.97 Å². The topological polar surface area (TPSA) is 94.9 Å². The van der Waals surface area contributed by atoms with E-state index in [-0.39, 0.29) is 11.5 Å². The molecule has 6 nitrogen and oxygen atoms in total. The van der Waals surface area contributed by atoms with Gasteiger partial charge in [-0.05, 0) is 43.2 Å². The summed E-state index contributed by atoms with van der Waals surface area (Å²) in [4.78, 5) is 10.6. The summed E-state index contributed by atoms with van der Waals surface area (Å²) < 4.78 is 25.8. The minimum Gasteiger partial charge on any atom is -0.478 e. The number of hydrogen-bond acceptors (Lipinski definition) is 4. The molecule has 2 N–H and O–H groups in total. The molecule has 0 aromatic heterocycles. The van der Waals surface area contributed by atoms with E-state index in [1.54, 1.807) is 19.9 Å². The molecule has 0 aliphatic carbocycles. The minimum atomic E-state index is -3.69. The maximum Gasteiger partial charge on any atom is 0.328 e. The average Bonchev–Trinajstić information content (AvgIpc) is 2.43. The fourth-order valence-electron chi connectivity index (χ4n) is 1.67. The summed E-state index contributed by atoms with van der Waals surface area (Å²) in [5, 5.41) is 17.7. The van der Waals surface area contributed by atoms with Gasteiger partial charge in [0.25, 0.3) is 0 Å². The van der Waals surface area contributed by atoms with Crippen LogP contribution in [0.4, 0.5) is 0 Å². The summed E-state index contributed by atoms with van der Waals surface area (Å²) >= 11 is 0. The Kier molecular flexibility index (Phi) is 5.65. The second-order valence-electron chi connectivity index (χ2n) is 4.74. The van der Waals surface area contributed by atoms with Crippen LogP contribution in [-0.4, -0.2) is 48.6 Å². The van der Waals surface area contributed by atoms with E-state index < -0.39 is 22.0 Å². The van der Waals surface area contributed by atoms with Gasteiger partial charge in [-0.1, -0.05) is 6.07 Å². The van der Waals surface area contributed by atoms with E-state index >= 15 is 0 Å². The molecule has 0 aliphatic heterocycles. The van der Waals surface area contributed by atoms with Gasteiger partial charge in [-0.3, -0.25) is 0 Å². The number of aryl methyl sites for hydroxylation is 1. The van der Waals surface area contributed by atoms with Gasteiger partial charge in [0.2, 0.25) is 10.0 Å². The SMILES string of the molecule is Cc1cc(S(=O)(=O)N(C)C(C)CO)ccc1/C=C/C(=O)O. The molecule has 0 amide bonds. The first-order chi connectivity index (χ1) is 9.70. The normalized spacial score (nSPS) is 13.8. The lowest BCUT2D eigenvalue weighted by atomic mass is 10.1. The van der Waals surface area contributed by atoms with Gasteiger partial charge in [0.1, 0.15) is 0 Å². The van der Waals surface area contributed by atoms with Crippen molar-refractivity contribution < 1.29 is 23.4 Å². The van der Waals surface area contributed by atoms with Gasteiger partial charge in [0, 0.05) is 19.2 Å². The number of hydrogen-bond donors (Lipinski definition) is 2. The third-order valence-corrected chi connectivity index (χ3v) is 5.18. The van der Waals surface area contributed by atoms with Crippen LogP contribution in [0.25, 0.3) is 6.08 Å². The predicted molar refractivity (Wildman–Crippen MR) is 79.3 cm³/mol. The Morgan fingerprint density at radius 1 is 1.43 bits per heavy atom. The van der Waals surface area contributed by atoms with Gasteiger partial charge in [-0.15, -0.1) is 0 Å². The number of carboxylic acids is 1. The van der Waals surface area contributed by atoms with E-state index in [4.69, 9.17) is 10.2 Å². The highest BCUT2D eigenvalue weighted by molar-refractivity contribution is 7.89. The molecule has 0 saturated heterocycles. The van der Waals surface area contributed by atoms with Crippen LogP contribution in [0.3, 0.4) is 0 Å². The summed E-state index contributed by atoms with van der Waals surface area (Å²) in [5.41, 5.74) is 1.29. The molecule has 0 spiro atoms. The number of nitrogens with zero attached hydrogens (tertiary/aromatic N) is 1. The highest BCUT2D eigenvalue weighted by Crippen LogP contribution is 2.20. The smallest absolute Gasteiger partial charge is 0.328 e. The quantitative estimate of drug-likeness (QED) is 0.767. The number of benzene rings is 1. The number of carboxylic acid groups (broad SMARTS) is 1. The maximum absolute atomic E-state index is 12.4. The van der Waals surface area contributed by atoms with Crippen LogP contribution < -0.4 is 0 Å². The Labute approximate surface area is 124 Å². The third-order valence-electron chi connectivity index (χ3n) is 3.21. The molecular formula is C14H19NO5S. The number of sulfonamides is 1. The summed E-state index contributed by atoms with van der Waals surface area (Å²) in [6, 6.07) is 3.93. The number of likely N-dealkylation sites (N-methyl/N-ethyl adjacent to an activating group) is 1. The van der Waals surface area contributed by atoms with Crippen LogP contribution in [0.1, 0.15) is 18.1 Å². The van der Waals surface area contributed by atoms with Crippen molar-refractivity contribution in [3.63, 3.8) is 0 Å². The van der Waals surface area contributed by atoms with Crippen LogP contribution in [-0.2, 0) is 14.8 Å². The molecule has 116 valence electrons. The number of carbonyl (C=O) groups is 1. The predicted octanol–water partition coefficient (Wildman–Crippen LogP) is 1.09. The molecule has 7 heteroatoms. The Morgan fingerprint density at radius 3 is 2.52 bits per heavy atom. The van der Waals surface area contributed by atoms with Crippen molar-refractivity contribution in [2.75, 3.05) is 13.7 Å². The monoisotopic (exact) mass is 313 g/mol.